The van der Waals surface area contributed by atoms with Crippen molar-refractivity contribution in [2.24, 2.45) is 5.92 Å². The van der Waals surface area contributed by atoms with E-state index in [4.69, 9.17) is 0 Å². The second kappa shape index (κ2) is 8.90. The molecule has 0 spiro atoms. The second-order valence-corrected chi connectivity index (χ2v) is 6.34. The molecule has 0 bridgehead atoms. The first kappa shape index (κ1) is 18.6. The third-order valence-electron chi connectivity index (χ3n) is 3.71. The summed E-state index contributed by atoms with van der Waals surface area (Å²) in [6.07, 6.45) is 0.737. The van der Waals surface area contributed by atoms with Crippen molar-refractivity contribution >= 4 is 27.8 Å². The molecule has 0 heterocycles. The molecule has 0 saturated carbocycles. The minimum absolute atomic E-state index is 0.0117. The van der Waals surface area contributed by atoms with Crippen LogP contribution in [0.4, 0.5) is 0 Å². The zero-order valence-electron chi connectivity index (χ0n) is 13.1. The van der Waals surface area contributed by atoms with Crippen molar-refractivity contribution in [3.63, 3.8) is 0 Å². The van der Waals surface area contributed by atoms with Gasteiger partial charge in [-0.1, -0.05) is 48.3 Å². The van der Waals surface area contributed by atoms with E-state index in [1.54, 1.807) is 0 Å². The molecule has 0 fully saturated rings. The molecule has 22 heavy (non-hydrogen) atoms. The molecule has 0 aliphatic rings. The van der Waals surface area contributed by atoms with E-state index in [1.807, 2.05) is 45.0 Å². The van der Waals surface area contributed by atoms with E-state index < -0.39 is 12.0 Å². The lowest BCUT2D eigenvalue weighted by Crippen LogP contribution is -2.46. The summed E-state index contributed by atoms with van der Waals surface area (Å²) in [6.45, 7) is 5.67. The van der Waals surface area contributed by atoms with E-state index in [1.165, 1.54) is 0 Å². The van der Waals surface area contributed by atoms with Gasteiger partial charge >= 0.3 is 5.97 Å². The smallest absolute Gasteiger partial charge is 0.320 e. The molecule has 0 aliphatic heterocycles. The van der Waals surface area contributed by atoms with Crippen LogP contribution < -0.4 is 10.6 Å². The number of carboxylic acids is 1. The lowest BCUT2D eigenvalue weighted by Gasteiger charge is -2.21. The summed E-state index contributed by atoms with van der Waals surface area (Å²) < 4.78 is 0.981. The van der Waals surface area contributed by atoms with Crippen LogP contribution in [0, 0.1) is 5.92 Å². The highest BCUT2D eigenvalue weighted by Gasteiger charge is 2.23. The van der Waals surface area contributed by atoms with Gasteiger partial charge in [0.15, 0.2) is 0 Å². The van der Waals surface area contributed by atoms with Crippen molar-refractivity contribution in [2.45, 2.75) is 39.3 Å². The average molecular weight is 371 g/mol. The molecule has 1 amide bonds. The van der Waals surface area contributed by atoms with Crippen LogP contribution in [0.15, 0.2) is 28.7 Å². The zero-order valence-corrected chi connectivity index (χ0v) is 14.7. The number of carbonyl (C=O) groups is 2. The Labute approximate surface area is 139 Å². The van der Waals surface area contributed by atoms with E-state index >= 15 is 0 Å². The molecule has 6 heteroatoms. The largest absolute Gasteiger partial charge is 0.480 e. The monoisotopic (exact) mass is 370 g/mol. The lowest BCUT2D eigenvalue weighted by molar-refractivity contribution is -0.141. The van der Waals surface area contributed by atoms with Crippen molar-refractivity contribution in [3.8, 4) is 0 Å². The molecule has 122 valence electrons. The minimum Gasteiger partial charge on any atom is -0.480 e. The van der Waals surface area contributed by atoms with Gasteiger partial charge in [0.2, 0.25) is 5.91 Å². The van der Waals surface area contributed by atoms with Crippen LogP contribution in [-0.4, -0.2) is 29.6 Å². The van der Waals surface area contributed by atoms with Gasteiger partial charge in [-0.25, -0.2) is 0 Å². The van der Waals surface area contributed by atoms with E-state index in [0.717, 1.165) is 16.5 Å². The van der Waals surface area contributed by atoms with Gasteiger partial charge in [-0.2, -0.15) is 0 Å². The summed E-state index contributed by atoms with van der Waals surface area (Å²) in [5.41, 5.74) is 0.994. The fourth-order valence-electron chi connectivity index (χ4n) is 2.10. The van der Waals surface area contributed by atoms with Crippen LogP contribution in [0.2, 0.25) is 0 Å². The van der Waals surface area contributed by atoms with Crippen LogP contribution in [-0.2, 0) is 9.59 Å². The van der Waals surface area contributed by atoms with E-state index in [0.29, 0.717) is 0 Å². The Bertz CT molecular complexity index is 505. The molecule has 5 nitrogen and oxygen atoms in total. The normalized spacial score (nSPS) is 14.9. The van der Waals surface area contributed by atoms with Gasteiger partial charge in [-0.05, 0) is 30.5 Å². The molecule has 1 unspecified atom stereocenters. The fraction of sp³-hybridized carbons (Fsp3) is 0.500. The molecule has 3 atom stereocenters. The van der Waals surface area contributed by atoms with Crippen LogP contribution in [0.5, 0.6) is 0 Å². The Morgan fingerprint density at radius 2 is 1.82 bits per heavy atom. The first-order chi connectivity index (χ1) is 10.3. The van der Waals surface area contributed by atoms with Gasteiger partial charge in [0.1, 0.15) is 6.04 Å². The number of carboxylic acid groups (broad SMARTS) is 1. The summed E-state index contributed by atoms with van der Waals surface area (Å²) >= 11 is 3.37. The number of rotatable bonds is 8. The zero-order chi connectivity index (χ0) is 16.7. The topological polar surface area (TPSA) is 78.4 Å². The maximum absolute atomic E-state index is 12.0. The van der Waals surface area contributed by atoms with E-state index in [-0.39, 0.29) is 24.4 Å². The number of nitrogens with one attached hydrogen (secondary N) is 2. The van der Waals surface area contributed by atoms with Crippen molar-refractivity contribution < 1.29 is 14.7 Å². The highest BCUT2D eigenvalue weighted by molar-refractivity contribution is 9.10. The third-order valence-corrected chi connectivity index (χ3v) is 4.24. The number of halogens is 1. The van der Waals surface area contributed by atoms with Crippen LogP contribution in [0.3, 0.4) is 0 Å². The lowest BCUT2D eigenvalue weighted by atomic mass is 9.99. The maximum atomic E-state index is 12.0. The predicted octanol–water partition coefficient (Wildman–Crippen LogP) is 2.72. The van der Waals surface area contributed by atoms with Crippen LogP contribution >= 0.6 is 15.9 Å². The van der Waals surface area contributed by atoms with Gasteiger partial charge in [-0.15, -0.1) is 0 Å². The van der Waals surface area contributed by atoms with E-state index in [2.05, 4.69) is 26.6 Å². The number of aliphatic carboxylic acids is 1. The Morgan fingerprint density at radius 1 is 1.23 bits per heavy atom. The third kappa shape index (κ3) is 5.77. The molecule has 0 radical (unpaired) electrons. The number of hydrogen-bond donors (Lipinski definition) is 3. The van der Waals surface area contributed by atoms with Gasteiger partial charge in [0.05, 0.1) is 12.6 Å². The molecular formula is C16H23BrN2O3. The average Bonchev–Trinajstić information content (AvgIpc) is 2.47. The Balaban J connectivity index is 2.51. The molecule has 1 aromatic rings. The Kier molecular flexibility index (Phi) is 7.55. The molecule has 0 aliphatic carbocycles. The first-order valence-corrected chi connectivity index (χ1v) is 8.15. The summed E-state index contributed by atoms with van der Waals surface area (Å²) in [7, 11) is 0. The highest BCUT2D eigenvalue weighted by atomic mass is 79.9. The number of benzene rings is 1. The maximum Gasteiger partial charge on any atom is 0.320 e. The second-order valence-electron chi connectivity index (χ2n) is 5.42. The van der Waals surface area contributed by atoms with Gasteiger partial charge < -0.3 is 10.4 Å². The quantitative estimate of drug-likeness (QED) is 0.657. The summed E-state index contributed by atoms with van der Waals surface area (Å²) in [5, 5.41) is 14.8. The Hall–Kier alpha value is -1.40. The molecule has 1 rings (SSSR count). The summed E-state index contributed by atoms with van der Waals surface area (Å²) in [6, 6.07) is 6.86. The van der Waals surface area contributed by atoms with Crippen molar-refractivity contribution in [3.05, 3.63) is 34.3 Å². The fourth-order valence-corrected chi connectivity index (χ4v) is 2.36. The standard InChI is InChI=1S/C16H23BrN2O3/c1-4-10(2)15(16(21)22)18-9-14(20)19-11(3)12-5-7-13(17)8-6-12/h5-8,10-11,15,18H,4,9H2,1-3H3,(H,19,20)(H,21,22)/t10-,11?,15-/m0/s1. The van der Waals surface area contributed by atoms with Gasteiger partial charge in [0, 0.05) is 4.47 Å². The number of hydrogen-bond acceptors (Lipinski definition) is 3. The van der Waals surface area contributed by atoms with Crippen LogP contribution in [0.25, 0.3) is 0 Å². The predicted molar refractivity (Wildman–Crippen MR) is 89.6 cm³/mol. The minimum atomic E-state index is -0.928. The SMILES string of the molecule is CC[C@H](C)[C@H](NCC(=O)NC(C)c1ccc(Br)cc1)C(=O)O. The van der Waals surface area contributed by atoms with E-state index in [9.17, 15) is 14.7 Å². The first-order valence-electron chi connectivity index (χ1n) is 7.36. The number of carbonyl (C=O) groups excluding carboxylic acids is 1. The van der Waals surface area contributed by atoms with Crippen molar-refractivity contribution in [2.75, 3.05) is 6.54 Å². The molecular weight excluding hydrogens is 348 g/mol. The number of amides is 1. The molecule has 3 N–H and O–H groups in total. The van der Waals surface area contributed by atoms with Crippen LogP contribution in [0.1, 0.15) is 38.8 Å². The van der Waals surface area contributed by atoms with Crippen molar-refractivity contribution in [1.82, 2.24) is 10.6 Å². The molecule has 0 aromatic heterocycles. The summed E-state index contributed by atoms with van der Waals surface area (Å²) in [5.74, 6) is -1.18. The molecule has 1 aromatic carbocycles. The summed E-state index contributed by atoms with van der Waals surface area (Å²) in [4.78, 5) is 23.1. The van der Waals surface area contributed by atoms with Gasteiger partial charge in [0.25, 0.3) is 0 Å². The molecule has 0 saturated heterocycles. The van der Waals surface area contributed by atoms with Gasteiger partial charge in [-0.3, -0.25) is 14.9 Å². The van der Waals surface area contributed by atoms with Crippen molar-refractivity contribution in [1.29, 1.82) is 0 Å². The highest BCUT2D eigenvalue weighted by Crippen LogP contribution is 2.16. The Morgan fingerprint density at radius 3 is 2.32 bits per heavy atom.